The number of allylic oxidation sites excluding steroid dienone is 1. The third-order valence-corrected chi connectivity index (χ3v) is 5.20. The van der Waals surface area contributed by atoms with Crippen LogP contribution in [0.3, 0.4) is 0 Å². The van der Waals surface area contributed by atoms with E-state index in [9.17, 15) is 4.79 Å². The van der Waals surface area contributed by atoms with Crippen molar-refractivity contribution < 1.29 is 24.1 Å². The monoisotopic (exact) mass is 407 g/mol. The highest BCUT2D eigenvalue weighted by molar-refractivity contribution is 7.10. The van der Waals surface area contributed by atoms with E-state index in [-0.39, 0.29) is 30.8 Å². The Labute approximate surface area is 167 Å². The van der Waals surface area contributed by atoms with Crippen LogP contribution in [0.2, 0.25) is 0 Å². The zero-order valence-corrected chi connectivity index (χ0v) is 16.3. The average molecular weight is 407 g/mol. The van der Waals surface area contributed by atoms with E-state index >= 15 is 0 Å². The number of aliphatic hydroxyl groups excluding tert-OH is 1. The van der Waals surface area contributed by atoms with Crippen LogP contribution < -0.4 is 5.32 Å². The number of nitrogens with one attached hydrogen (secondary N) is 2. The van der Waals surface area contributed by atoms with Crippen molar-refractivity contribution in [2.75, 3.05) is 33.0 Å². The van der Waals surface area contributed by atoms with E-state index in [1.54, 1.807) is 23.9 Å². The molecule has 0 aliphatic carbocycles. The van der Waals surface area contributed by atoms with E-state index in [0.29, 0.717) is 32.6 Å². The zero-order valence-electron chi connectivity index (χ0n) is 15.5. The molecular weight excluding hydrogens is 382 g/mol. The zero-order chi connectivity index (χ0) is 19.6. The van der Waals surface area contributed by atoms with Gasteiger partial charge < -0.3 is 29.6 Å². The summed E-state index contributed by atoms with van der Waals surface area (Å²) in [6.07, 6.45) is 5.98. The number of ether oxygens (including phenoxy) is 3. The van der Waals surface area contributed by atoms with Crippen molar-refractivity contribution in [1.82, 2.24) is 15.3 Å². The molecule has 0 saturated heterocycles. The number of imidazole rings is 1. The maximum Gasteiger partial charge on any atom is 0.286 e. The van der Waals surface area contributed by atoms with Crippen LogP contribution in [0.1, 0.15) is 22.9 Å². The summed E-state index contributed by atoms with van der Waals surface area (Å²) in [5.74, 6) is 0.0758. The predicted molar refractivity (Wildman–Crippen MR) is 104 cm³/mol. The summed E-state index contributed by atoms with van der Waals surface area (Å²) in [5, 5.41) is 13.6. The molecule has 1 aliphatic rings. The summed E-state index contributed by atoms with van der Waals surface area (Å²) < 4.78 is 16.7. The molecule has 0 bridgehead atoms. The number of aromatic nitrogens is 2. The second kappa shape index (κ2) is 11.0. The number of carbonyl (C=O) groups is 1. The molecule has 2 aromatic heterocycles. The summed E-state index contributed by atoms with van der Waals surface area (Å²) in [6, 6.07) is 4.04. The highest BCUT2D eigenvalue weighted by Gasteiger charge is 2.29. The number of rotatable bonds is 11. The minimum atomic E-state index is -0.525. The number of amides is 1. The number of aromatic amines is 1. The maximum absolute atomic E-state index is 12.6. The lowest BCUT2D eigenvalue weighted by Gasteiger charge is -2.28. The second-order valence-electron chi connectivity index (χ2n) is 6.23. The molecule has 0 radical (unpaired) electrons. The molecule has 1 amide bonds. The summed E-state index contributed by atoms with van der Waals surface area (Å²) in [4.78, 5) is 20.7. The van der Waals surface area contributed by atoms with Gasteiger partial charge in [-0.15, -0.1) is 11.3 Å². The van der Waals surface area contributed by atoms with Crippen LogP contribution in [0.25, 0.3) is 0 Å². The normalized spacial score (nSPS) is 19.1. The van der Waals surface area contributed by atoms with Gasteiger partial charge in [0, 0.05) is 42.1 Å². The third kappa shape index (κ3) is 6.16. The fourth-order valence-corrected chi connectivity index (χ4v) is 3.65. The Morgan fingerprint density at radius 3 is 3.11 bits per heavy atom. The van der Waals surface area contributed by atoms with Gasteiger partial charge >= 0.3 is 0 Å². The van der Waals surface area contributed by atoms with Crippen molar-refractivity contribution in [3.05, 3.63) is 52.4 Å². The van der Waals surface area contributed by atoms with Crippen LogP contribution in [0.5, 0.6) is 0 Å². The highest BCUT2D eigenvalue weighted by atomic mass is 32.1. The topological polar surface area (TPSA) is 106 Å². The molecule has 28 heavy (non-hydrogen) atoms. The van der Waals surface area contributed by atoms with Gasteiger partial charge in [0.2, 0.25) is 6.29 Å². The minimum Gasteiger partial charge on any atom is -0.459 e. The molecule has 8 nitrogen and oxygen atoms in total. The van der Waals surface area contributed by atoms with Gasteiger partial charge in [0.05, 0.1) is 32.8 Å². The van der Waals surface area contributed by atoms with Crippen molar-refractivity contribution in [2.45, 2.75) is 25.0 Å². The molecule has 2 aromatic rings. The summed E-state index contributed by atoms with van der Waals surface area (Å²) in [7, 11) is 0. The molecule has 152 valence electrons. The molecule has 0 spiro atoms. The van der Waals surface area contributed by atoms with Gasteiger partial charge in [-0.05, 0) is 17.5 Å². The van der Waals surface area contributed by atoms with E-state index < -0.39 is 6.29 Å². The van der Waals surface area contributed by atoms with E-state index in [4.69, 9.17) is 19.3 Å². The lowest BCUT2D eigenvalue weighted by molar-refractivity contribution is -0.151. The van der Waals surface area contributed by atoms with Gasteiger partial charge in [-0.2, -0.15) is 0 Å². The Morgan fingerprint density at radius 1 is 1.43 bits per heavy atom. The second-order valence-corrected chi connectivity index (χ2v) is 7.20. The predicted octanol–water partition coefficient (Wildman–Crippen LogP) is 1.57. The first-order valence-electron chi connectivity index (χ1n) is 9.24. The van der Waals surface area contributed by atoms with Crippen LogP contribution in [0, 0.1) is 0 Å². The van der Waals surface area contributed by atoms with Crippen molar-refractivity contribution >= 4 is 17.2 Å². The number of thiophene rings is 1. The van der Waals surface area contributed by atoms with Gasteiger partial charge in [0.1, 0.15) is 0 Å². The number of hydrogen-bond donors (Lipinski definition) is 3. The summed E-state index contributed by atoms with van der Waals surface area (Å²) in [5.41, 5.74) is 0.958. The lowest BCUT2D eigenvalue weighted by Crippen LogP contribution is -2.34. The van der Waals surface area contributed by atoms with E-state index in [1.165, 1.54) is 0 Å². The Hall–Kier alpha value is -2.20. The quantitative estimate of drug-likeness (QED) is 0.488. The largest absolute Gasteiger partial charge is 0.459 e. The fourth-order valence-electron chi connectivity index (χ4n) is 2.84. The molecule has 2 atom stereocenters. The Balaban J connectivity index is 1.55. The minimum absolute atomic E-state index is 0.0218. The number of nitrogens with zero attached hydrogens (tertiary/aromatic N) is 1. The molecule has 3 heterocycles. The van der Waals surface area contributed by atoms with Crippen LogP contribution in [-0.2, 0) is 25.4 Å². The van der Waals surface area contributed by atoms with Crippen molar-refractivity contribution in [1.29, 1.82) is 0 Å². The number of H-pyrrole nitrogens is 1. The van der Waals surface area contributed by atoms with Crippen LogP contribution in [0.15, 0.2) is 41.9 Å². The molecular formula is C19H25N3O5S. The Bertz CT molecular complexity index is 733. The van der Waals surface area contributed by atoms with E-state index in [2.05, 4.69) is 15.3 Å². The fraction of sp³-hybridized carbons (Fsp3) is 0.474. The van der Waals surface area contributed by atoms with Gasteiger partial charge in [-0.1, -0.05) is 6.07 Å². The van der Waals surface area contributed by atoms with Crippen molar-refractivity contribution in [3.8, 4) is 0 Å². The van der Waals surface area contributed by atoms with Gasteiger partial charge in [-0.3, -0.25) is 4.79 Å². The molecule has 0 fully saturated rings. The van der Waals surface area contributed by atoms with Crippen LogP contribution in [0.4, 0.5) is 0 Å². The molecule has 0 unspecified atom stereocenters. The maximum atomic E-state index is 12.6. The Kier molecular flexibility index (Phi) is 8.04. The first-order valence-corrected chi connectivity index (χ1v) is 10.1. The van der Waals surface area contributed by atoms with E-state index in [1.807, 2.05) is 23.6 Å². The van der Waals surface area contributed by atoms with Gasteiger partial charge in [0.25, 0.3) is 5.91 Å². The van der Waals surface area contributed by atoms with Crippen molar-refractivity contribution in [2.24, 2.45) is 0 Å². The SMILES string of the molecule is O=C(NCCc1cnc[nH]1)C1=C[C@H](c2cccs2)C[C@H](OCCOCCO)O1. The molecule has 3 rings (SSSR count). The molecule has 9 heteroatoms. The van der Waals surface area contributed by atoms with E-state index in [0.717, 1.165) is 10.6 Å². The molecule has 0 saturated carbocycles. The summed E-state index contributed by atoms with van der Waals surface area (Å²) in [6.45, 7) is 1.42. The van der Waals surface area contributed by atoms with Gasteiger partial charge in [0.15, 0.2) is 5.76 Å². The average Bonchev–Trinajstić information content (AvgIpc) is 3.42. The standard InChI is InChI=1S/C19H25N3O5S/c23-5-6-25-7-8-26-18-11-14(17-2-1-9-28-17)10-16(27-18)19(24)21-4-3-15-12-20-13-22-15/h1-2,9-10,12-14,18,23H,3-8,11H2,(H,20,22)(H,21,24)/t14-,18+/m0/s1. The van der Waals surface area contributed by atoms with Crippen LogP contribution >= 0.6 is 11.3 Å². The third-order valence-electron chi connectivity index (χ3n) is 4.19. The van der Waals surface area contributed by atoms with Gasteiger partial charge in [-0.25, -0.2) is 4.98 Å². The smallest absolute Gasteiger partial charge is 0.286 e. The number of hydrogen-bond acceptors (Lipinski definition) is 7. The first-order chi connectivity index (χ1) is 13.8. The lowest BCUT2D eigenvalue weighted by atomic mass is 9.99. The first kappa shape index (κ1) is 20.5. The molecule has 1 aliphatic heterocycles. The summed E-state index contributed by atoms with van der Waals surface area (Å²) >= 11 is 1.65. The molecule has 3 N–H and O–H groups in total. The van der Waals surface area contributed by atoms with Crippen LogP contribution in [-0.4, -0.2) is 60.2 Å². The molecule has 0 aromatic carbocycles. The van der Waals surface area contributed by atoms with Crippen molar-refractivity contribution in [3.63, 3.8) is 0 Å². The highest BCUT2D eigenvalue weighted by Crippen LogP contribution is 2.33. The number of aliphatic hydroxyl groups is 1. The number of carbonyl (C=O) groups excluding carboxylic acids is 1. The Morgan fingerprint density at radius 2 is 2.36 bits per heavy atom.